The first-order valence-corrected chi connectivity index (χ1v) is 14.5. The lowest BCUT2D eigenvalue weighted by Crippen LogP contribution is -2.29. The topological polar surface area (TPSA) is 179 Å². The van der Waals surface area contributed by atoms with E-state index in [9.17, 15) is 8.42 Å². The van der Waals surface area contributed by atoms with E-state index in [1.807, 2.05) is 20.8 Å². The number of benzene rings is 2. The van der Waals surface area contributed by atoms with Gasteiger partial charge in [0.05, 0.1) is 36.7 Å². The molecule has 0 aliphatic carbocycles. The molecule has 0 spiro atoms. The molecule has 1 N–H and O–H groups in total. The highest BCUT2D eigenvalue weighted by Crippen LogP contribution is 2.43. The minimum absolute atomic E-state index is 0.0233. The van der Waals surface area contributed by atoms with Gasteiger partial charge in [-0.05, 0) is 17.5 Å². The molecule has 5 rings (SSSR count). The van der Waals surface area contributed by atoms with Gasteiger partial charge in [0.15, 0.2) is 17.2 Å². The number of sulfonamides is 1. The third kappa shape index (κ3) is 5.97. The average Bonchev–Trinajstić information content (AvgIpc) is 3.64. The maximum atomic E-state index is 11.7. The molecule has 15 nitrogen and oxygen atoms in total. The highest BCUT2D eigenvalue weighted by molar-refractivity contribution is 7.93. The number of nitrogens with one attached hydrogen (secondary N) is 1. The molecule has 0 saturated heterocycles. The van der Waals surface area contributed by atoms with Crippen molar-refractivity contribution in [1.82, 2.24) is 25.4 Å². The van der Waals surface area contributed by atoms with Crippen LogP contribution in [0.1, 0.15) is 26.5 Å². The second kappa shape index (κ2) is 11.1. The van der Waals surface area contributed by atoms with Gasteiger partial charge in [0.2, 0.25) is 11.6 Å². The Hall–Kier alpha value is -5.43. The van der Waals surface area contributed by atoms with Crippen LogP contribution in [0, 0.1) is 6.57 Å². The van der Waals surface area contributed by atoms with Crippen molar-refractivity contribution >= 4 is 38.6 Å². The second-order valence-electron chi connectivity index (χ2n) is 10.2. The van der Waals surface area contributed by atoms with Crippen LogP contribution in [0.15, 0.2) is 52.7 Å². The number of nitrogens with zero attached hydrogens (tertiary/aromatic N) is 9. The molecule has 5 aromatic rings. The van der Waals surface area contributed by atoms with E-state index in [2.05, 4.69) is 45.2 Å². The molecule has 16 heteroatoms. The number of aromatic amines is 1. The molecule has 3 aromatic heterocycles. The first-order valence-electron chi connectivity index (χ1n) is 12.7. The van der Waals surface area contributed by atoms with Crippen LogP contribution >= 0.6 is 0 Å². The molecule has 0 atom stereocenters. The van der Waals surface area contributed by atoms with Crippen LogP contribution < -0.4 is 29.0 Å². The SMILES string of the molecule is [C-]#[N+]c1c(N=Nc2c(Oc3c(OC)cccc3OC)[n-][n+]3[n-]c(-c4cccc([N-]S(C)(=O)=O)c4)nc23)n[nH]c1C(C)(C)C. The lowest BCUT2D eigenvalue weighted by molar-refractivity contribution is -0.647. The standard InChI is InChI=1S/C27H26N10O5S/c1-27(2,3)22-19(28-4)24(33-31-22)32-30-20-25-29-23(15-10-8-11-16(14-15)36-43(7,38)39)34-37(25)35-26(20)42-21-17(40-5)12-9-13-18(21)41-6/h8-14H,1-3,5-7H3,(H-,29,31,33,34)/q-2. The van der Waals surface area contributed by atoms with Crippen LogP contribution in [0.5, 0.6) is 23.1 Å². The van der Waals surface area contributed by atoms with Gasteiger partial charge in [-0.25, -0.2) is 13.3 Å². The predicted molar refractivity (Wildman–Crippen MR) is 155 cm³/mol. The highest BCUT2D eigenvalue weighted by atomic mass is 32.2. The Balaban J connectivity index is 1.64. The fourth-order valence-electron chi connectivity index (χ4n) is 4.06. The van der Waals surface area contributed by atoms with Crippen molar-refractivity contribution in [1.29, 1.82) is 0 Å². The van der Waals surface area contributed by atoms with E-state index >= 15 is 0 Å². The number of fused-ring (bicyclic) bond motifs is 1. The summed E-state index contributed by atoms with van der Waals surface area (Å²) < 4.78 is 45.3. The van der Waals surface area contributed by atoms with Crippen molar-refractivity contribution in [3.63, 3.8) is 0 Å². The van der Waals surface area contributed by atoms with E-state index in [0.29, 0.717) is 22.8 Å². The van der Waals surface area contributed by atoms with Crippen LogP contribution in [0.3, 0.4) is 0 Å². The number of hydrogen-bond acceptors (Lipinski definition) is 9. The molecule has 43 heavy (non-hydrogen) atoms. The number of H-pyrrole nitrogens is 1. The molecule has 3 heterocycles. The summed E-state index contributed by atoms with van der Waals surface area (Å²) in [7, 11) is -0.642. The lowest BCUT2D eigenvalue weighted by Gasteiger charge is -2.19. The molecular formula is C27H26N10O5S-2. The van der Waals surface area contributed by atoms with E-state index in [1.54, 1.807) is 36.4 Å². The second-order valence-corrected chi connectivity index (χ2v) is 11.9. The molecule has 0 aliphatic rings. The lowest BCUT2D eigenvalue weighted by atomic mass is 9.91. The summed E-state index contributed by atoms with van der Waals surface area (Å²) in [5, 5.41) is 24.6. The van der Waals surface area contributed by atoms with Crippen LogP contribution in [-0.4, -0.2) is 44.1 Å². The van der Waals surface area contributed by atoms with E-state index < -0.39 is 10.0 Å². The largest absolute Gasteiger partial charge is 0.577 e. The van der Waals surface area contributed by atoms with Crippen LogP contribution in [0.4, 0.5) is 22.9 Å². The Bertz CT molecular complexity index is 1970. The maximum Gasteiger partial charge on any atom is 0.329 e. The summed E-state index contributed by atoms with van der Waals surface area (Å²) in [6.07, 6.45) is 1.01. The van der Waals surface area contributed by atoms with Crippen molar-refractivity contribution in [2.24, 2.45) is 10.2 Å². The Morgan fingerprint density at radius 1 is 1.07 bits per heavy atom. The third-order valence-electron chi connectivity index (χ3n) is 5.98. The van der Waals surface area contributed by atoms with Gasteiger partial charge >= 0.3 is 5.65 Å². The fraction of sp³-hybridized carbons (Fsp3) is 0.259. The Kier molecular flexibility index (Phi) is 7.50. The minimum atomic E-state index is -3.62. The van der Waals surface area contributed by atoms with Crippen LogP contribution in [0.2, 0.25) is 0 Å². The molecule has 0 bridgehead atoms. The van der Waals surface area contributed by atoms with Gasteiger partial charge in [-0.2, -0.15) is 5.10 Å². The van der Waals surface area contributed by atoms with Gasteiger partial charge in [-0.1, -0.05) is 56.1 Å². The van der Waals surface area contributed by atoms with E-state index in [-0.39, 0.29) is 51.4 Å². The van der Waals surface area contributed by atoms with E-state index in [0.717, 1.165) is 6.26 Å². The molecular weight excluding hydrogens is 576 g/mol. The zero-order chi connectivity index (χ0) is 30.9. The highest BCUT2D eigenvalue weighted by Gasteiger charge is 2.25. The quantitative estimate of drug-likeness (QED) is 0.135. The zero-order valence-electron chi connectivity index (χ0n) is 24.0. The monoisotopic (exact) mass is 602 g/mol. The summed E-state index contributed by atoms with van der Waals surface area (Å²) >= 11 is 0. The molecule has 0 amide bonds. The predicted octanol–water partition coefficient (Wildman–Crippen LogP) is 5.16. The number of aromatic nitrogens is 6. The van der Waals surface area contributed by atoms with Crippen LogP contribution in [0.25, 0.3) is 26.6 Å². The minimum Gasteiger partial charge on any atom is -0.577 e. The van der Waals surface area contributed by atoms with Gasteiger partial charge < -0.3 is 33.8 Å². The van der Waals surface area contributed by atoms with E-state index in [1.165, 1.54) is 24.9 Å². The number of methoxy groups -OCH3 is 2. The van der Waals surface area contributed by atoms with Crippen molar-refractivity contribution < 1.29 is 27.3 Å². The van der Waals surface area contributed by atoms with Crippen LogP contribution in [-0.2, 0) is 15.4 Å². The van der Waals surface area contributed by atoms with Crippen molar-refractivity contribution in [3.05, 3.63) is 64.3 Å². The van der Waals surface area contributed by atoms with Gasteiger partial charge in [0.25, 0.3) is 5.69 Å². The molecule has 0 radical (unpaired) electrons. The average molecular weight is 603 g/mol. The summed E-state index contributed by atoms with van der Waals surface area (Å²) in [6.45, 7) is 13.5. The summed E-state index contributed by atoms with van der Waals surface area (Å²) in [4.78, 5) is 8.19. The molecule has 0 unspecified atom stereocenters. The zero-order valence-corrected chi connectivity index (χ0v) is 24.8. The summed E-state index contributed by atoms with van der Waals surface area (Å²) in [5.74, 6) is 1.26. The maximum absolute atomic E-state index is 11.7. The Morgan fingerprint density at radius 3 is 2.40 bits per heavy atom. The number of hydrogen-bond donors (Lipinski definition) is 1. The Morgan fingerprint density at radius 2 is 1.77 bits per heavy atom. The first-order chi connectivity index (χ1) is 20.4. The summed E-state index contributed by atoms with van der Waals surface area (Å²) in [6, 6.07) is 11.6. The van der Waals surface area contributed by atoms with Gasteiger partial charge in [-0.3, -0.25) is 5.10 Å². The normalized spacial score (nSPS) is 12.0. The smallest absolute Gasteiger partial charge is 0.329 e. The fourth-order valence-corrected chi connectivity index (χ4v) is 4.56. The van der Waals surface area contributed by atoms with Crippen molar-refractivity contribution in [2.45, 2.75) is 26.2 Å². The number of rotatable bonds is 9. The molecule has 2 aromatic carbocycles. The Labute approximate surface area is 246 Å². The van der Waals surface area contributed by atoms with Crippen molar-refractivity contribution in [2.75, 3.05) is 20.5 Å². The number of para-hydroxylation sites is 1. The molecule has 0 aliphatic heterocycles. The first kappa shape index (κ1) is 29.1. The third-order valence-corrected chi connectivity index (χ3v) is 6.52. The number of ether oxygens (including phenoxy) is 3. The van der Waals surface area contributed by atoms with Crippen molar-refractivity contribution in [3.8, 4) is 34.5 Å². The summed E-state index contributed by atoms with van der Waals surface area (Å²) in [5.41, 5.74) is 1.42. The molecule has 0 fully saturated rings. The molecule has 0 saturated carbocycles. The van der Waals surface area contributed by atoms with Gasteiger partial charge in [-0.15, -0.1) is 15.9 Å². The molecule has 222 valence electrons. The van der Waals surface area contributed by atoms with Gasteiger partial charge in [0.1, 0.15) is 5.82 Å². The number of azo groups is 1. The van der Waals surface area contributed by atoms with Gasteiger partial charge in [0, 0.05) is 17.5 Å². The van der Waals surface area contributed by atoms with E-state index in [4.69, 9.17) is 20.8 Å².